The molecule has 0 spiro atoms. The molecule has 0 saturated heterocycles. The van der Waals surface area contributed by atoms with E-state index in [2.05, 4.69) is 4.98 Å². The topological polar surface area (TPSA) is 59.4 Å². The predicted molar refractivity (Wildman–Crippen MR) is 93.0 cm³/mol. The lowest BCUT2D eigenvalue weighted by molar-refractivity contribution is -0.0465. The van der Waals surface area contributed by atoms with Crippen LogP contribution >= 0.6 is 11.3 Å². The number of nitrogens with zero attached hydrogens (tertiary/aromatic N) is 2. The summed E-state index contributed by atoms with van der Waals surface area (Å²) in [6.45, 7) is 2.58. The van der Waals surface area contributed by atoms with Crippen LogP contribution in [0.15, 0.2) is 4.99 Å². The number of aromatic nitrogens is 1. The number of carbonyl (C=O) groups is 2. The molecule has 24 heavy (non-hydrogen) atoms. The molecule has 0 aliphatic heterocycles. The van der Waals surface area contributed by atoms with Crippen molar-refractivity contribution in [1.29, 1.82) is 0 Å². The van der Waals surface area contributed by atoms with Gasteiger partial charge >= 0.3 is 0 Å². The molecule has 126 valence electrons. The molecular formula is C19H22N2O2S. The summed E-state index contributed by atoms with van der Waals surface area (Å²) < 4.78 is 0. The molecule has 6 rings (SSSR count). The highest BCUT2D eigenvalue weighted by Gasteiger charge is 2.50. The summed E-state index contributed by atoms with van der Waals surface area (Å²) in [6.07, 6.45) is 8.23. The maximum Gasteiger partial charge on any atom is 0.227 e. The molecule has 0 unspecified atom stereocenters. The van der Waals surface area contributed by atoms with Crippen LogP contribution in [0, 0.1) is 30.1 Å². The first-order valence-electron chi connectivity index (χ1n) is 9.10. The first-order chi connectivity index (χ1) is 11.5. The molecule has 5 aliphatic rings. The average Bonchev–Trinajstić information content (AvgIpc) is 2.91. The zero-order valence-electron chi connectivity index (χ0n) is 14.0. The van der Waals surface area contributed by atoms with Crippen LogP contribution in [0.2, 0.25) is 0 Å². The number of hydrogen-bond acceptors (Lipinski definition) is 5. The number of carbonyl (C=O) groups excluding carboxylic acids is 2. The van der Waals surface area contributed by atoms with Gasteiger partial charge in [-0.05, 0) is 68.6 Å². The highest BCUT2D eigenvalue weighted by molar-refractivity contribution is 7.14. The van der Waals surface area contributed by atoms with E-state index < -0.39 is 0 Å². The predicted octanol–water partition coefficient (Wildman–Crippen LogP) is 3.88. The summed E-state index contributed by atoms with van der Waals surface area (Å²) in [5, 5.41) is 0.782. The van der Waals surface area contributed by atoms with Gasteiger partial charge in [0.1, 0.15) is 10.6 Å². The van der Waals surface area contributed by atoms with E-state index in [1.165, 1.54) is 49.9 Å². The van der Waals surface area contributed by atoms with E-state index in [1.54, 1.807) is 0 Å². The van der Waals surface area contributed by atoms with Crippen LogP contribution in [-0.2, 0) is 0 Å². The number of rotatable bonds is 2. The minimum atomic E-state index is -0.112. The Balaban J connectivity index is 1.41. The molecule has 0 amide bonds. The Kier molecular flexibility index (Phi) is 3.16. The van der Waals surface area contributed by atoms with Crippen molar-refractivity contribution in [3.05, 3.63) is 15.6 Å². The Hall–Kier alpha value is -1.36. The number of aliphatic imine (C=N–C) groups is 1. The van der Waals surface area contributed by atoms with Gasteiger partial charge in [0.15, 0.2) is 5.78 Å². The quantitative estimate of drug-likeness (QED) is 0.819. The van der Waals surface area contributed by atoms with Crippen molar-refractivity contribution >= 4 is 28.6 Å². The lowest BCUT2D eigenvalue weighted by atomic mass is 9.49. The van der Waals surface area contributed by atoms with Crippen molar-refractivity contribution in [2.24, 2.45) is 28.2 Å². The van der Waals surface area contributed by atoms with Crippen LogP contribution < -0.4 is 0 Å². The van der Waals surface area contributed by atoms with E-state index in [0.29, 0.717) is 21.7 Å². The fourth-order valence-corrected chi connectivity index (χ4v) is 6.95. The second-order valence-electron chi connectivity index (χ2n) is 8.52. The first kappa shape index (κ1) is 14.9. The number of fused-ring (bicyclic) bond motifs is 1. The van der Waals surface area contributed by atoms with E-state index in [4.69, 9.17) is 4.99 Å². The highest BCUT2D eigenvalue weighted by Crippen LogP contribution is 2.60. The van der Waals surface area contributed by atoms with Crippen molar-refractivity contribution in [2.75, 3.05) is 6.54 Å². The molecule has 4 bridgehead atoms. The molecule has 1 aromatic heterocycles. The minimum Gasteiger partial charge on any atom is -0.293 e. The molecule has 1 aromatic rings. The zero-order valence-corrected chi connectivity index (χ0v) is 14.8. The fourth-order valence-electron chi connectivity index (χ4n) is 6.09. The Labute approximate surface area is 145 Å². The number of hydrogen-bond donors (Lipinski definition) is 0. The number of Topliss-reactive ketones (excluding diaryl/α,β-unsaturated/α-hetero) is 2. The van der Waals surface area contributed by atoms with Crippen molar-refractivity contribution in [2.45, 2.75) is 51.9 Å². The van der Waals surface area contributed by atoms with Gasteiger partial charge in [0.2, 0.25) is 5.78 Å². The largest absolute Gasteiger partial charge is 0.293 e. The van der Waals surface area contributed by atoms with E-state index in [-0.39, 0.29) is 18.0 Å². The number of ketones is 2. The maximum atomic E-state index is 12.7. The third-order valence-electron chi connectivity index (χ3n) is 6.56. The van der Waals surface area contributed by atoms with E-state index in [1.807, 2.05) is 6.92 Å². The van der Waals surface area contributed by atoms with Crippen molar-refractivity contribution in [3.63, 3.8) is 0 Å². The molecule has 4 saturated carbocycles. The average molecular weight is 342 g/mol. The van der Waals surface area contributed by atoms with Crippen LogP contribution in [0.3, 0.4) is 0 Å². The summed E-state index contributed by atoms with van der Waals surface area (Å²) in [4.78, 5) is 34.5. The Morgan fingerprint density at radius 2 is 1.75 bits per heavy atom. The molecule has 0 radical (unpaired) electrons. The summed E-state index contributed by atoms with van der Waals surface area (Å²) in [7, 11) is 0. The summed E-state index contributed by atoms with van der Waals surface area (Å²) in [6, 6.07) is 0. The molecule has 0 aromatic carbocycles. The lowest BCUT2D eigenvalue weighted by Gasteiger charge is -2.56. The van der Waals surface area contributed by atoms with Crippen LogP contribution in [0.4, 0.5) is 0 Å². The lowest BCUT2D eigenvalue weighted by Crippen LogP contribution is -2.47. The van der Waals surface area contributed by atoms with Crippen LogP contribution in [-0.4, -0.2) is 28.8 Å². The molecule has 0 N–H and O–H groups in total. The zero-order chi connectivity index (χ0) is 16.5. The summed E-state index contributed by atoms with van der Waals surface area (Å²) >= 11 is 1.33. The van der Waals surface area contributed by atoms with Gasteiger partial charge in [-0.15, -0.1) is 11.3 Å². The van der Waals surface area contributed by atoms with Crippen LogP contribution in [0.25, 0.3) is 0 Å². The van der Waals surface area contributed by atoms with Gasteiger partial charge in [0.25, 0.3) is 0 Å². The summed E-state index contributed by atoms with van der Waals surface area (Å²) in [5.74, 6) is 2.55. The minimum absolute atomic E-state index is 0.0134. The van der Waals surface area contributed by atoms with Gasteiger partial charge in [0.05, 0.1) is 17.1 Å². The second kappa shape index (κ2) is 5.07. The van der Waals surface area contributed by atoms with Gasteiger partial charge in [0, 0.05) is 6.54 Å². The monoisotopic (exact) mass is 342 g/mol. The number of aryl methyl sites for hydroxylation is 1. The maximum absolute atomic E-state index is 12.7. The third kappa shape index (κ3) is 2.24. The fraction of sp³-hybridized carbons (Fsp3) is 0.684. The third-order valence-corrected chi connectivity index (χ3v) is 7.57. The van der Waals surface area contributed by atoms with Crippen molar-refractivity contribution in [3.8, 4) is 0 Å². The second-order valence-corrected chi connectivity index (χ2v) is 9.72. The molecule has 4 fully saturated rings. The van der Waals surface area contributed by atoms with Gasteiger partial charge in [-0.25, -0.2) is 4.98 Å². The molecule has 5 aliphatic carbocycles. The Morgan fingerprint density at radius 1 is 1.12 bits per heavy atom. The summed E-state index contributed by atoms with van der Waals surface area (Å²) in [5.41, 5.74) is 1.11. The van der Waals surface area contributed by atoms with Crippen LogP contribution in [0.5, 0.6) is 0 Å². The standard InChI is InChI=1S/C19H22N2O2S/c1-10-21-16-17(23)14(5-15(22)18(16)24-10)20-9-19-6-11-2-12(7-19)4-13(3-11)8-19/h11-13H,2-9H2,1H3. The number of thiazole rings is 1. The highest BCUT2D eigenvalue weighted by atomic mass is 32.1. The SMILES string of the molecule is Cc1nc2c(s1)C(=O)CC(=NCC13CC4CC(CC(C4)C1)C3)C2=O. The molecule has 5 heteroatoms. The van der Waals surface area contributed by atoms with Crippen LogP contribution in [0.1, 0.15) is 70.1 Å². The van der Waals surface area contributed by atoms with E-state index in [0.717, 1.165) is 29.3 Å². The molecule has 1 heterocycles. The molecule has 0 atom stereocenters. The normalized spacial score (nSPS) is 38.9. The van der Waals surface area contributed by atoms with E-state index >= 15 is 0 Å². The van der Waals surface area contributed by atoms with Crippen molar-refractivity contribution < 1.29 is 9.59 Å². The van der Waals surface area contributed by atoms with Gasteiger partial charge in [-0.1, -0.05) is 0 Å². The van der Waals surface area contributed by atoms with E-state index in [9.17, 15) is 9.59 Å². The molecule has 4 nitrogen and oxygen atoms in total. The van der Waals surface area contributed by atoms with Gasteiger partial charge < -0.3 is 0 Å². The van der Waals surface area contributed by atoms with Gasteiger partial charge in [-0.3, -0.25) is 14.6 Å². The Bertz CT molecular complexity index is 741. The first-order valence-corrected chi connectivity index (χ1v) is 9.92. The Morgan fingerprint density at radius 3 is 2.38 bits per heavy atom. The molecular weight excluding hydrogens is 320 g/mol. The van der Waals surface area contributed by atoms with Gasteiger partial charge in [-0.2, -0.15) is 0 Å². The smallest absolute Gasteiger partial charge is 0.227 e. The van der Waals surface area contributed by atoms with Crippen molar-refractivity contribution in [1.82, 2.24) is 4.98 Å².